The van der Waals surface area contributed by atoms with Gasteiger partial charge in [0.15, 0.2) is 0 Å². The number of aliphatic carboxylic acids is 2. The number of carbonyl (C=O) groups is 2. The van der Waals surface area contributed by atoms with E-state index in [9.17, 15) is 0 Å². The van der Waals surface area contributed by atoms with E-state index in [0.29, 0.717) is 0 Å². The van der Waals surface area contributed by atoms with Crippen LogP contribution in [0.1, 0.15) is 20.8 Å². The summed E-state index contributed by atoms with van der Waals surface area (Å²) >= 11 is 0. The van der Waals surface area contributed by atoms with Gasteiger partial charge < -0.3 is 24.4 Å². The van der Waals surface area contributed by atoms with Crippen molar-refractivity contribution in [2.45, 2.75) is 20.8 Å². The van der Waals surface area contributed by atoms with Gasteiger partial charge in [-0.05, 0) is 20.8 Å². The smallest absolute Gasteiger partial charge is 0.550 e. The van der Waals surface area contributed by atoms with E-state index in [1.807, 2.05) is 17.7 Å². The van der Waals surface area contributed by atoms with Crippen molar-refractivity contribution in [1.82, 2.24) is 9.55 Å². The van der Waals surface area contributed by atoms with E-state index >= 15 is 0 Å². The molecule has 1 aromatic heterocycles. The molecule has 0 spiro atoms. The Morgan fingerprint density at radius 1 is 1.18 bits per heavy atom. The fourth-order valence-corrected chi connectivity index (χ4v) is 0.485. The van der Waals surface area contributed by atoms with Crippen molar-refractivity contribution in [2.75, 3.05) is 0 Å². The number of aromatic nitrogens is 2. The number of imidazole rings is 1. The molecule has 0 amide bonds. The minimum atomic E-state index is -1.08. The zero-order chi connectivity index (χ0) is 13.1. The zero-order valence-corrected chi connectivity index (χ0v) is 13.1. The van der Waals surface area contributed by atoms with Crippen LogP contribution in [0, 0.1) is 0 Å². The second-order valence-electron chi connectivity index (χ2n) is 2.69. The van der Waals surface area contributed by atoms with Gasteiger partial charge in [-0.15, -0.1) is 0 Å². The molecule has 0 bridgehead atoms. The first kappa shape index (κ1) is 20.9. The van der Waals surface area contributed by atoms with E-state index in [1.165, 1.54) is 0 Å². The Morgan fingerprint density at radius 3 is 1.65 bits per heavy atom. The van der Waals surface area contributed by atoms with Crippen LogP contribution in [0.2, 0.25) is 0 Å². The maximum Gasteiger partial charge on any atom is 2.00 e. The average Bonchev–Trinajstić information content (AvgIpc) is 2.52. The van der Waals surface area contributed by atoms with Gasteiger partial charge in [-0.1, -0.05) is 6.58 Å². The van der Waals surface area contributed by atoms with Crippen molar-refractivity contribution < 1.29 is 39.3 Å². The van der Waals surface area contributed by atoms with Crippen molar-refractivity contribution in [3.63, 3.8) is 0 Å². The van der Waals surface area contributed by atoms with Crippen LogP contribution in [0.15, 0.2) is 25.3 Å². The molecule has 0 N–H and O–H groups in total. The summed E-state index contributed by atoms with van der Waals surface area (Å²) in [5, 5.41) is 17.8. The molecule has 0 saturated heterocycles. The van der Waals surface area contributed by atoms with Gasteiger partial charge in [0, 0.05) is 30.0 Å². The Hall–Kier alpha value is -1.49. The van der Waals surface area contributed by atoms with Crippen LogP contribution < -0.4 is 10.2 Å². The number of carboxylic acids is 2. The molecule has 0 radical (unpaired) electrons. The molecule has 0 fully saturated rings. The maximum atomic E-state index is 8.89. The molecule has 1 rings (SSSR count). The molecule has 0 aliphatic carbocycles. The van der Waals surface area contributed by atoms with Gasteiger partial charge in [-0.3, -0.25) is 0 Å². The third kappa shape index (κ3) is 25.1. The molecule has 17 heavy (non-hydrogen) atoms. The Bertz CT molecular complexity index is 316. The Balaban J connectivity index is -0.000000189. The van der Waals surface area contributed by atoms with Gasteiger partial charge in [0.1, 0.15) is 0 Å². The first-order valence-corrected chi connectivity index (χ1v) is 4.26. The summed E-state index contributed by atoms with van der Waals surface area (Å²) in [7, 11) is 0. The van der Waals surface area contributed by atoms with Gasteiger partial charge >= 0.3 is 19.5 Å². The van der Waals surface area contributed by atoms with E-state index in [0.717, 1.165) is 19.5 Å². The van der Waals surface area contributed by atoms with Crippen LogP contribution in [-0.4, -0.2) is 21.5 Å². The van der Waals surface area contributed by atoms with Gasteiger partial charge in [-0.2, -0.15) is 0 Å². The van der Waals surface area contributed by atoms with Gasteiger partial charge in [0.2, 0.25) is 0 Å². The van der Waals surface area contributed by atoms with Crippen LogP contribution in [0.4, 0.5) is 0 Å². The Morgan fingerprint density at radius 2 is 1.53 bits per heavy atom. The molecule has 0 aromatic carbocycles. The molecular formula is C10H14N2O4Zn. The quantitative estimate of drug-likeness (QED) is 0.611. The number of allylic oxidation sites excluding steroid dienone is 1. The Labute approximate surface area is 113 Å². The van der Waals surface area contributed by atoms with E-state index in [1.54, 1.807) is 12.5 Å². The van der Waals surface area contributed by atoms with Crippen molar-refractivity contribution in [3.8, 4) is 0 Å². The van der Waals surface area contributed by atoms with E-state index in [-0.39, 0.29) is 19.5 Å². The summed E-state index contributed by atoms with van der Waals surface area (Å²) in [6, 6.07) is 0. The number of carbonyl (C=O) groups excluding carboxylic acids is 2. The number of nitrogens with zero attached hydrogens (tertiary/aromatic N) is 2. The zero-order valence-electron chi connectivity index (χ0n) is 10.2. The van der Waals surface area contributed by atoms with Gasteiger partial charge in [-0.25, -0.2) is 4.98 Å². The van der Waals surface area contributed by atoms with Crippen LogP contribution in [-0.2, 0) is 29.1 Å². The fourth-order valence-electron chi connectivity index (χ4n) is 0.485. The summed E-state index contributed by atoms with van der Waals surface area (Å²) in [4.78, 5) is 21.6. The molecule has 90 valence electrons. The topological polar surface area (TPSA) is 98.1 Å². The van der Waals surface area contributed by atoms with Gasteiger partial charge in [0.25, 0.3) is 0 Å². The molecule has 1 heterocycles. The molecule has 0 aliphatic rings. The predicted octanol–water partition coefficient (Wildman–Crippen LogP) is -1.12. The van der Waals surface area contributed by atoms with Crippen molar-refractivity contribution in [2.24, 2.45) is 0 Å². The minimum Gasteiger partial charge on any atom is -0.550 e. The molecule has 0 atom stereocenters. The maximum absolute atomic E-state index is 8.89. The molecule has 0 unspecified atom stereocenters. The molecular weight excluding hydrogens is 278 g/mol. The third-order valence-corrected chi connectivity index (χ3v) is 0.945. The third-order valence-electron chi connectivity index (χ3n) is 0.945. The number of carboxylic acid groups (broad SMARTS) is 2. The van der Waals surface area contributed by atoms with Crippen LogP contribution in [0.3, 0.4) is 0 Å². The average molecular weight is 292 g/mol. The summed E-state index contributed by atoms with van der Waals surface area (Å²) in [6.45, 7) is 7.60. The molecule has 6 nitrogen and oxygen atoms in total. The van der Waals surface area contributed by atoms with Crippen molar-refractivity contribution in [3.05, 3.63) is 25.3 Å². The second-order valence-corrected chi connectivity index (χ2v) is 2.69. The van der Waals surface area contributed by atoms with Gasteiger partial charge in [0.05, 0.1) is 6.33 Å². The second kappa shape index (κ2) is 12.6. The summed E-state index contributed by atoms with van der Waals surface area (Å²) < 4.78 is 1.86. The summed E-state index contributed by atoms with van der Waals surface area (Å²) in [5.41, 5.74) is 0.988. The normalized spacial score (nSPS) is 7.24. The number of hydrogen-bond donors (Lipinski definition) is 0. The SMILES string of the molecule is C=C(C)n1ccnc1.CC(=O)[O-].CC(=O)[O-].[Zn+2]. The van der Waals surface area contributed by atoms with Crippen molar-refractivity contribution >= 4 is 17.6 Å². The minimum absolute atomic E-state index is 0. The first-order chi connectivity index (χ1) is 7.27. The molecule has 1 aromatic rings. The Kier molecular flexibility index (Phi) is 15.4. The molecule has 0 aliphatic heterocycles. The monoisotopic (exact) mass is 290 g/mol. The van der Waals surface area contributed by atoms with Crippen LogP contribution in [0.5, 0.6) is 0 Å². The summed E-state index contributed by atoms with van der Waals surface area (Å²) in [6.07, 6.45) is 5.32. The first-order valence-electron chi connectivity index (χ1n) is 4.26. The van der Waals surface area contributed by atoms with Crippen LogP contribution >= 0.6 is 0 Å². The van der Waals surface area contributed by atoms with Crippen molar-refractivity contribution in [1.29, 1.82) is 0 Å². The standard InChI is InChI=1S/C6H8N2.2C2H4O2.Zn/c1-6(2)8-4-3-7-5-8;2*1-2(3)4;/h3-5H,1H2,2H3;2*1H3,(H,3,4);/q;;;+2/p-2. The number of rotatable bonds is 1. The fraction of sp³-hybridized carbons (Fsp3) is 0.300. The number of hydrogen-bond acceptors (Lipinski definition) is 5. The van der Waals surface area contributed by atoms with E-state index < -0.39 is 11.9 Å². The largest absolute Gasteiger partial charge is 2.00 e. The molecule has 0 saturated carbocycles. The predicted molar refractivity (Wildman–Crippen MR) is 54.6 cm³/mol. The van der Waals surface area contributed by atoms with Crippen LogP contribution in [0.25, 0.3) is 5.70 Å². The molecule has 7 heteroatoms. The summed E-state index contributed by atoms with van der Waals surface area (Å²) in [5.74, 6) is -2.17. The van der Waals surface area contributed by atoms with E-state index in [2.05, 4.69) is 11.6 Å². The van der Waals surface area contributed by atoms with E-state index in [4.69, 9.17) is 19.8 Å².